The molecule has 2 heterocycles. The molecular weight excluding hydrogens is 605 g/mol. The van der Waals surface area contributed by atoms with Crippen molar-refractivity contribution in [3.8, 4) is 11.3 Å². The molecule has 2 heteroatoms. The molecule has 4 aliphatic carbocycles. The van der Waals surface area contributed by atoms with Gasteiger partial charge in [0.05, 0.1) is 5.69 Å². The van der Waals surface area contributed by atoms with Crippen molar-refractivity contribution in [2.24, 2.45) is 22.7 Å². The minimum atomic E-state index is 0.325. The number of pyridine rings is 1. The van der Waals surface area contributed by atoms with Crippen LogP contribution in [0.4, 0.5) is 0 Å². The monoisotopic (exact) mass is 652 g/mol. The SMILES string of the molecule is CC1CCC(C)c2c(C3=CC4=C(C5C=CC(C6=NCCC=C6)CC5)c5ccccc5C(c5ccc(-c6ccccn6)cc5)C4CC3)cccc21. The standard InChI is InChI=1S/C48H48N2/c1-31-16-17-32(2)46-38(31)12-9-13-39(46)37-26-27-42-43(30-37)48(36-24-20-34(21-25-36)45-15-6-8-29-50-45)41-11-4-3-10-40(41)47(42)35-22-18-33(19-23-35)44-14-5-7-28-49-44/h3-7,9-15,18-20,22-24,28,30-32,34,36,42,47H,8,16-17,21,25-27,29H2,1-2H3. The Labute approximate surface area is 298 Å². The molecule has 1 aromatic heterocycles. The first-order valence-corrected chi connectivity index (χ1v) is 19.2. The molecule has 250 valence electrons. The summed E-state index contributed by atoms with van der Waals surface area (Å²) in [6.45, 7) is 5.82. The summed E-state index contributed by atoms with van der Waals surface area (Å²) >= 11 is 0. The van der Waals surface area contributed by atoms with E-state index in [4.69, 9.17) is 4.99 Å². The molecule has 6 atom stereocenters. The Balaban J connectivity index is 1.18. The van der Waals surface area contributed by atoms with Crippen molar-refractivity contribution in [2.75, 3.05) is 6.54 Å². The highest BCUT2D eigenvalue weighted by atomic mass is 14.7. The van der Waals surface area contributed by atoms with E-state index in [1.54, 1.807) is 27.8 Å². The second-order valence-electron chi connectivity index (χ2n) is 15.4. The summed E-state index contributed by atoms with van der Waals surface area (Å²) in [6, 6.07) is 32.1. The maximum atomic E-state index is 4.90. The number of nitrogens with zero attached hydrogens (tertiary/aromatic N) is 2. The van der Waals surface area contributed by atoms with E-state index in [0.717, 1.165) is 37.9 Å². The summed E-state index contributed by atoms with van der Waals surface area (Å²) in [6.07, 6.45) is 22.4. The first kappa shape index (κ1) is 31.4. The van der Waals surface area contributed by atoms with Crippen LogP contribution in [-0.2, 0) is 0 Å². The van der Waals surface area contributed by atoms with Gasteiger partial charge in [-0.15, -0.1) is 0 Å². The van der Waals surface area contributed by atoms with E-state index in [1.807, 2.05) is 12.3 Å². The predicted octanol–water partition coefficient (Wildman–Crippen LogP) is 12.1. The van der Waals surface area contributed by atoms with E-state index in [0.29, 0.717) is 35.5 Å². The van der Waals surface area contributed by atoms with Gasteiger partial charge in [-0.1, -0.05) is 111 Å². The lowest BCUT2D eigenvalue weighted by Crippen LogP contribution is -2.28. The van der Waals surface area contributed by atoms with Gasteiger partial charge in [-0.25, -0.2) is 0 Å². The highest BCUT2D eigenvalue weighted by Gasteiger charge is 2.40. The van der Waals surface area contributed by atoms with E-state index in [2.05, 4.69) is 128 Å². The molecule has 0 fully saturated rings. The van der Waals surface area contributed by atoms with E-state index in [1.165, 1.54) is 52.8 Å². The number of fused-ring (bicyclic) bond motifs is 3. The van der Waals surface area contributed by atoms with Crippen molar-refractivity contribution in [2.45, 2.75) is 76.5 Å². The van der Waals surface area contributed by atoms with Crippen LogP contribution < -0.4 is 0 Å². The molecule has 6 unspecified atom stereocenters. The van der Waals surface area contributed by atoms with Gasteiger partial charge in [0, 0.05) is 41.8 Å². The van der Waals surface area contributed by atoms with Crippen LogP contribution in [0.15, 0.2) is 132 Å². The Morgan fingerprint density at radius 1 is 0.680 bits per heavy atom. The van der Waals surface area contributed by atoms with Gasteiger partial charge in [0.25, 0.3) is 0 Å². The molecule has 0 spiro atoms. The van der Waals surface area contributed by atoms with Crippen LogP contribution in [0.25, 0.3) is 22.4 Å². The largest absolute Gasteiger partial charge is 0.289 e. The van der Waals surface area contributed by atoms with Crippen LogP contribution in [0.1, 0.15) is 110 Å². The fourth-order valence-corrected chi connectivity index (χ4v) is 9.99. The number of aromatic nitrogens is 1. The second-order valence-corrected chi connectivity index (χ2v) is 15.4. The number of rotatable bonds is 5. The normalized spacial score (nSPS) is 27.2. The number of dihydropyridines is 1. The maximum absolute atomic E-state index is 4.90. The zero-order chi connectivity index (χ0) is 33.6. The Morgan fingerprint density at radius 3 is 2.26 bits per heavy atom. The van der Waals surface area contributed by atoms with E-state index >= 15 is 0 Å². The second kappa shape index (κ2) is 13.3. The molecule has 50 heavy (non-hydrogen) atoms. The molecule has 0 saturated heterocycles. The zero-order valence-corrected chi connectivity index (χ0v) is 29.6. The lowest BCUT2D eigenvalue weighted by atomic mass is 9.61. The molecule has 9 rings (SSSR count). The van der Waals surface area contributed by atoms with Crippen LogP contribution in [0, 0.1) is 17.8 Å². The van der Waals surface area contributed by atoms with Crippen LogP contribution in [-0.4, -0.2) is 17.2 Å². The summed E-state index contributed by atoms with van der Waals surface area (Å²) in [5.74, 6) is 2.85. The molecule has 5 aliphatic rings. The fourth-order valence-electron chi connectivity index (χ4n) is 9.99. The summed E-state index contributed by atoms with van der Waals surface area (Å²) < 4.78 is 0. The van der Waals surface area contributed by atoms with Crippen molar-refractivity contribution >= 4 is 16.9 Å². The van der Waals surface area contributed by atoms with Crippen LogP contribution in [0.5, 0.6) is 0 Å². The number of hydrogen-bond donors (Lipinski definition) is 0. The van der Waals surface area contributed by atoms with Crippen molar-refractivity contribution in [1.29, 1.82) is 0 Å². The number of hydrogen-bond acceptors (Lipinski definition) is 2. The average molecular weight is 653 g/mol. The first-order chi connectivity index (χ1) is 24.6. The fraction of sp³-hybridized carbons (Fsp3) is 0.333. The lowest BCUT2D eigenvalue weighted by Gasteiger charge is -2.42. The Morgan fingerprint density at radius 2 is 1.46 bits per heavy atom. The van der Waals surface area contributed by atoms with Crippen LogP contribution in [0.2, 0.25) is 0 Å². The molecule has 0 saturated carbocycles. The molecule has 0 amide bonds. The number of benzene rings is 3. The molecular formula is C48H48N2. The van der Waals surface area contributed by atoms with Gasteiger partial charge in [0.2, 0.25) is 0 Å². The van der Waals surface area contributed by atoms with Crippen molar-refractivity contribution < 1.29 is 0 Å². The third kappa shape index (κ3) is 5.58. The maximum Gasteiger partial charge on any atom is 0.0701 e. The van der Waals surface area contributed by atoms with Gasteiger partial charge >= 0.3 is 0 Å². The summed E-state index contributed by atoms with van der Waals surface area (Å²) in [5.41, 5.74) is 17.3. The molecule has 0 N–H and O–H groups in total. The minimum absolute atomic E-state index is 0.325. The van der Waals surface area contributed by atoms with E-state index in [9.17, 15) is 0 Å². The quantitative estimate of drug-likeness (QED) is 0.197. The highest BCUT2D eigenvalue weighted by molar-refractivity contribution is 5.98. The van der Waals surface area contributed by atoms with E-state index < -0.39 is 0 Å². The number of allylic oxidation sites excluding steroid dienone is 7. The third-order valence-corrected chi connectivity index (χ3v) is 12.5. The van der Waals surface area contributed by atoms with E-state index in [-0.39, 0.29) is 0 Å². The third-order valence-electron chi connectivity index (χ3n) is 12.5. The highest BCUT2D eigenvalue weighted by Crippen LogP contribution is 2.55. The summed E-state index contributed by atoms with van der Waals surface area (Å²) in [7, 11) is 0. The topological polar surface area (TPSA) is 25.2 Å². The zero-order valence-electron chi connectivity index (χ0n) is 29.6. The molecule has 1 aliphatic heterocycles. The molecule has 2 nitrogen and oxygen atoms in total. The summed E-state index contributed by atoms with van der Waals surface area (Å²) in [4.78, 5) is 9.54. The molecule has 0 bridgehead atoms. The number of aliphatic imine (C=N–C) groups is 1. The van der Waals surface area contributed by atoms with Crippen molar-refractivity contribution in [3.63, 3.8) is 0 Å². The lowest BCUT2D eigenvalue weighted by molar-refractivity contribution is 0.489. The predicted molar refractivity (Wildman–Crippen MR) is 209 cm³/mol. The molecule has 4 aromatic rings. The van der Waals surface area contributed by atoms with Gasteiger partial charge in [-0.2, -0.15) is 0 Å². The van der Waals surface area contributed by atoms with Gasteiger partial charge in [0.1, 0.15) is 0 Å². The minimum Gasteiger partial charge on any atom is -0.289 e. The van der Waals surface area contributed by atoms with Crippen molar-refractivity contribution in [1.82, 2.24) is 4.98 Å². The smallest absolute Gasteiger partial charge is 0.0701 e. The van der Waals surface area contributed by atoms with Gasteiger partial charge in [-0.3, -0.25) is 9.98 Å². The molecule has 0 radical (unpaired) electrons. The van der Waals surface area contributed by atoms with Crippen LogP contribution >= 0.6 is 0 Å². The molecule has 3 aromatic carbocycles. The Hall–Kier alpha value is -4.56. The average Bonchev–Trinajstić information content (AvgIpc) is 3.19. The summed E-state index contributed by atoms with van der Waals surface area (Å²) in [5, 5.41) is 0. The van der Waals surface area contributed by atoms with Gasteiger partial charge < -0.3 is 0 Å². The van der Waals surface area contributed by atoms with Crippen LogP contribution in [0.3, 0.4) is 0 Å². The van der Waals surface area contributed by atoms with Gasteiger partial charge in [-0.05, 0) is 131 Å². The van der Waals surface area contributed by atoms with Crippen molar-refractivity contribution in [3.05, 3.63) is 160 Å². The Kier molecular flexibility index (Phi) is 8.35. The Bertz CT molecular complexity index is 2060. The first-order valence-electron chi connectivity index (χ1n) is 19.2. The van der Waals surface area contributed by atoms with Gasteiger partial charge in [0.15, 0.2) is 0 Å².